The van der Waals surface area contributed by atoms with Gasteiger partial charge in [0.1, 0.15) is 5.58 Å². The highest BCUT2D eigenvalue weighted by molar-refractivity contribution is 5.82. The third-order valence-electron chi connectivity index (χ3n) is 2.40. The van der Waals surface area contributed by atoms with Crippen LogP contribution in [-0.4, -0.2) is 6.54 Å². The van der Waals surface area contributed by atoms with Crippen molar-refractivity contribution in [3.63, 3.8) is 0 Å². The van der Waals surface area contributed by atoms with E-state index in [9.17, 15) is 4.79 Å². The van der Waals surface area contributed by atoms with Crippen molar-refractivity contribution < 1.29 is 4.42 Å². The summed E-state index contributed by atoms with van der Waals surface area (Å²) >= 11 is 0. The van der Waals surface area contributed by atoms with Gasteiger partial charge in [-0.15, -0.1) is 6.58 Å². The summed E-state index contributed by atoms with van der Waals surface area (Å²) in [5.41, 5.74) is 2.35. The molecule has 0 saturated heterocycles. The third kappa shape index (κ3) is 1.98. The molecular formula is C13H13NO2. The van der Waals surface area contributed by atoms with Crippen molar-refractivity contribution in [3.8, 4) is 0 Å². The van der Waals surface area contributed by atoms with Crippen LogP contribution in [0.2, 0.25) is 0 Å². The van der Waals surface area contributed by atoms with E-state index in [0.29, 0.717) is 12.1 Å². The van der Waals surface area contributed by atoms with Gasteiger partial charge in [0.05, 0.1) is 0 Å². The average Bonchev–Trinajstić information content (AvgIpc) is 2.27. The molecule has 0 radical (unpaired) electrons. The predicted octanol–water partition coefficient (Wildman–Crippen LogP) is 2.70. The molecule has 0 aliphatic rings. The van der Waals surface area contributed by atoms with E-state index in [1.54, 1.807) is 12.1 Å². The summed E-state index contributed by atoms with van der Waals surface area (Å²) in [7, 11) is 0. The number of rotatable bonds is 3. The zero-order valence-corrected chi connectivity index (χ0v) is 9.12. The van der Waals surface area contributed by atoms with Gasteiger partial charge < -0.3 is 9.73 Å². The number of aryl methyl sites for hydroxylation is 1. The molecule has 0 unspecified atom stereocenters. The maximum absolute atomic E-state index is 11.1. The molecule has 0 aliphatic carbocycles. The molecule has 2 rings (SSSR count). The van der Waals surface area contributed by atoms with Gasteiger partial charge in [0.2, 0.25) is 0 Å². The second-order valence-electron chi connectivity index (χ2n) is 3.63. The van der Waals surface area contributed by atoms with Crippen LogP contribution in [0, 0.1) is 6.92 Å². The Morgan fingerprint density at radius 3 is 3.00 bits per heavy atom. The fourth-order valence-electron chi connectivity index (χ4n) is 1.60. The zero-order valence-electron chi connectivity index (χ0n) is 9.12. The van der Waals surface area contributed by atoms with E-state index in [1.807, 2.05) is 19.1 Å². The Morgan fingerprint density at radius 1 is 1.44 bits per heavy atom. The molecule has 0 fully saturated rings. The summed E-state index contributed by atoms with van der Waals surface area (Å²) in [4.78, 5) is 11.1. The standard InChI is InChI=1S/C13H13NO2/c1-3-6-14-11-8-12-10(7-9(11)2)4-5-13(15)16-12/h3-5,7-8,14H,1,6H2,2H3. The molecule has 1 aromatic carbocycles. The predicted molar refractivity (Wildman–Crippen MR) is 65.9 cm³/mol. The highest BCUT2D eigenvalue weighted by Crippen LogP contribution is 2.22. The first-order valence-electron chi connectivity index (χ1n) is 5.10. The van der Waals surface area contributed by atoms with Crippen LogP contribution < -0.4 is 10.9 Å². The second-order valence-corrected chi connectivity index (χ2v) is 3.63. The van der Waals surface area contributed by atoms with Crippen molar-refractivity contribution >= 4 is 16.7 Å². The largest absolute Gasteiger partial charge is 0.423 e. The molecule has 0 spiro atoms. The molecule has 1 aromatic heterocycles. The molecule has 16 heavy (non-hydrogen) atoms. The highest BCUT2D eigenvalue weighted by atomic mass is 16.4. The van der Waals surface area contributed by atoms with Gasteiger partial charge in [0.15, 0.2) is 0 Å². The Hall–Kier alpha value is -2.03. The van der Waals surface area contributed by atoms with Crippen molar-refractivity contribution in [1.29, 1.82) is 0 Å². The number of fused-ring (bicyclic) bond motifs is 1. The zero-order chi connectivity index (χ0) is 11.5. The molecule has 1 N–H and O–H groups in total. The van der Waals surface area contributed by atoms with Crippen LogP contribution in [0.25, 0.3) is 11.0 Å². The summed E-state index contributed by atoms with van der Waals surface area (Å²) in [6.07, 6.45) is 1.78. The van der Waals surface area contributed by atoms with Gasteiger partial charge in [-0.2, -0.15) is 0 Å². The van der Waals surface area contributed by atoms with Crippen LogP contribution in [-0.2, 0) is 0 Å². The summed E-state index contributed by atoms with van der Waals surface area (Å²) in [5.74, 6) is 0. The summed E-state index contributed by atoms with van der Waals surface area (Å²) < 4.78 is 5.12. The van der Waals surface area contributed by atoms with E-state index in [4.69, 9.17) is 4.42 Å². The van der Waals surface area contributed by atoms with Gasteiger partial charge in [-0.25, -0.2) is 4.79 Å². The van der Waals surface area contributed by atoms with Crippen molar-refractivity contribution in [3.05, 3.63) is 52.9 Å². The van der Waals surface area contributed by atoms with E-state index >= 15 is 0 Å². The lowest BCUT2D eigenvalue weighted by Crippen LogP contribution is -2.01. The van der Waals surface area contributed by atoms with E-state index in [0.717, 1.165) is 16.6 Å². The number of anilines is 1. The second kappa shape index (κ2) is 4.23. The molecule has 0 amide bonds. The summed E-state index contributed by atoms with van der Waals surface area (Å²) in [5, 5.41) is 4.13. The lowest BCUT2D eigenvalue weighted by Gasteiger charge is -2.08. The Balaban J connectivity index is 2.54. The SMILES string of the molecule is C=CCNc1cc2oc(=O)ccc2cc1C. The van der Waals surface area contributed by atoms with Crippen molar-refractivity contribution in [1.82, 2.24) is 0 Å². The Kier molecular flexibility index (Phi) is 2.77. The Bertz CT molecular complexity index is 584. The van der Waals surface area contributed by atoms with Crippen LogP contribution in [0.4, 0.5) is 5.69 Å². The minimum atomic E-state index is -0.328. The molecular weight excluding hydrogens is 202 g/mol. The number of hydrogen-bond donors (Lipinski definition) is 1. The van der Waals surface area contributed by atoms with Gasteiger partial charge >= 0.3 is 5.63 Å². The maximum Gasteiger partial charge on any atom is 0.336 e. The quantitative estimate of drug-likeness (QED) is 0.632. The summed E-state index contributed by atoms with van der Waals surface area (Å²) in [6.45, 7) is 6.34. The summed E-state index contributed by atoms with van der Waals surface area (Å²) in [6, 6.07) is 7.03. The average molecular weight is 215 g/mol. The van der Waals surface area contributed by atoms with Crippen LogP contribution >= 0.6 is 0 Å². The lowest BCUT2D eigenvalue weighted by atomic mass is 10.1. The molecule has 3 nitrogen and oxygen atoms in total. The normalized spacial score (nSPS) is 10.3. The van der Waals surface area contributed by atoms with Crippen molar-refractivity contribution in [2.45, 2.75) is 6.92 Å². The molecule has 0 saturated carbocycles. The minimum Gasteiger partial charge on any atom is -0.423 e. The number of hydrogen-bond acceptors (Lipinski definition) is 3. The minimum absolute atomic E-state index is 0.328. The molecule has 82 valence electrons. The maximum atomic E-state index is 11.1. The molecule has 0 aliphatic heterocycles. The first-order chi connectivity index (χ1) is 7.70. The molecule has 2 aromatic rings. The van der Waals surface area contributed by atoms with Crippen LogP contribution in [0.1, 0.15) is 5.56 Å². The van der Waals surface area contributed by atoms with Gasteiger partial charge in [-0.1, -0.05) is 6.08 Å². The van der Waals surface area contributed by atoms with E-state index in [2.05, 4.69) is 11.9 Å². The Labute approximate surface area is 93.4 Å². The fraction of sp³-hybridized carbons (Fsp3) is 0.154. The van der Waals surface area contributed by atoms with Crippen molar-refractivity contribution in [2.24, 2.45) is 0 Å². The first-order valence-corrected chi connectivity index (χ1v) is 5.10. The van der Waals surface area contributed by atoms with Gasteiger partial charge in [0, 0.05) is 29.8 Å². The lowest BCUT2D eigenvalue weighted by molar-refractivity contribution is 0.561. The van der Waals surface area contributed by atoms with Gasteiger partial charge in [-0.05, 0) is 24.6 Å². The smallest absolute Gasteiger partial charge is 0.336 e. The molecule has 1 heterocycles. The fourth-order valence-corrected chi connectivity index (χ4v) is 1.60. The molecule has 3 heteroatoms. The number of benzene rings is 1. The van der Waals surface area contributed by atoms with E-state index in [1.165, 1.54) is 6.07 Å². The highest BCUT2D eigenvalue weighted by Gasteiger charge is 2.02. The molecule has 0 bridgehead atoms. The van der Waals surface area contributed by atoms with Crippen LogP contribution in [0.5, 0.6) is 0 Å². The van der Waals surface area contributed by atoms with Gasteiger partial charge in [0.25, 0.3) is 0 Å². The monoisotopic (exact) mass is 215 g/mol. The van der Waals surface area contributed by atoms with Crippen LogP contribution in [0.3, 0.4) is 0 Å². The van der Waals surface area contributed by atoms with Gasteiger partial charge in [-0.3, -0.25) is 0 Å². The van der Waals surface area contributed by atoms with E-state index < -0.39 is 0 Å². The van der Waals surface area contributed by atoms with E-state index in [-0.39, 0.29) is 5.63 Å². The third-order valence-corrected chi connectivity index (χ3v) is 2.40. The Morgan fingerprint density at radius 2 is 2.25 bits per heavy atom. The topological polar surface area (TPSA) is 42.2 Å². The number of nitrogens with one attached hydrogen (secondary N) is 1. The van der Waals surface area contributed by atoms with Crippen LogP contribution in [0.15, 0.2) is 46.1 Å². The van der Waals surface area contributed by atoms with Crippen molar-refractivity contribution in [2.75, 3.05) is 11.9 Å². The first kappa shape index (κ1) is 10.5. The molecule has 0 atom stereocenters.